The summed E-state index contributed by atoms with van der Waals surface area (Å²) in [5.74, 6) is -0.0160. The Kier molecular flexibility index (Phi) is 7.23. The monoisotopic (exact) mass is 557 g/mol. The van der Waals surface area contributed by atoms with Crippen LogP contribution in [0, 0.1) is 25.2 Å². The minimum absolute atomic E-state index is 0.0213. The number of amides is 1. The van der Waals surface area contributed by atoms with Crippen molar-refractivity contribution in [1.29, 1.82) is 5.26 Å². The van der Waals surface area contributed by atoms with E-state index < -0.39 is 10.0 Å². The maximum absolute atomic E-state index is 13.0. The van der Waals surface area contributed by atoms with E-state index in [1.54, 1.807) is 36.2 Å². The second-order valence-corrected chi connectivity index (χ2v) is 11.3. The zero-order valence-electron chi connectivity index (χ0n) is 22.2. The molecule has 11 nitrogen and oxygen atoms in total. The number of hydrogen-bond acceptors (Lipinski definition) is 8. The molecule has 4 aromatic rings. The zero-order valence-corrected chi connectivity index (χ0v) is 23.0. The molecule has 0 aliphatic carbocycles. The Bertz CT molecular complexity index is 1720. The van der Waals surface area contributed by atoms with Crippen LogP contribution < -0.4 is 9.46 Å². The standard InChI is InChI=1S/C28H27N7O4S/c1-18-6-4-7-19(2)27(18)24-12-25(32-28(31-24)33-40(37,38)23-14-30-34(3)17-23)39-22-15-35(16-22)26(36)11-20-8-5-9-21(10-20)13-29/h4-10,12,14,17,22H,11,15-16H2,1-3H3,(H,31,32,33). The lowest BCUT2D eigenvalue weighted by atomic mass is 10.00. The third-order valence-corrected chi connectivity index (χ3v) is 7.84. The molecule has 1 saturated heterocycles. The highest BCUT2D eigenvalue weighted by molar-refractivity contribution is 7.92. The van der Waals surface area contributed by atoms with Gasteiger partial charge in [-0.2, -0.15) is 15.3 Å². The molecular formula is C28H27N7O4S. The van der Waals surface area contributed by atoms with Gasteiger partial charge in [-0.05, 0) is 42.7 Å². The molecule has 204 valence electrons. The molecule has 2 aromatic carbocycles. The largest absolute Gasteiger partial charge is 0.470 e. The summed E-state index contributed by atoms with van der Waals surface area (Å²) in [6, 6.07) is 16.6. The van der Waals surface area contributed by atoms with E-state index in [4.69, 9.17) is 10.00 Å². The molecule has 40 heavy (non-hydrogen) atoms. The predicted octanol–water partition coefficient (Wildman–Crippen LogP) is 3.00. The van der Waals surface area contributed by atoms with Gasteiger partial charge in [0, 0.05) is 24.9 Å². The molecule has 12 heteroatoms. The van der Waals surface area contributed by atoms with E-state index in [0.717, 1.165) is 22.3 Å². The summed E-state index contributed by atoms with van der Waals surface area (Å²) >= 11 is 0. The van der Waals surface area contributed by atoms with Gasteiger partial charge in [0.1, 0.15) is 11.0 Å². The maximum atomic E-state index is 13.0. The van der Waals surface area contributed by atoms with Gasteiger partial charge in [-0.15, -0.1) is 0 Å². The van der Waals surface area contributed by atoms with Crippen LogP contribution in [-0.2, 0) is 28.3 Å². The Hall–Kier alpha value is -4.76. The number of rotatable bonds is 8. The van der Waals surface area contributed by atoms with Gasteiger partial charge in [0.05, 0.1) is 43.0 Å². The molecule has 5 rings (SSSR count). The van der Waals surface area contributed by atoms with Crippen LogP contribution in [0.15, 0.2) is 65.8 Å². The quantitative estimate of drug-likeness (QED) is 0.348. The minimum atomic E-state index is -3.99. The van der Waals surface area contributed by atoms with Gasteiger partial charge in [-0.25, -0.2) is 18.1 Å². The van der Waals surface area contributed by atoms with Crippen LogP contribution in [0.3, 0.4) is 0 Å². The van der Waals surface area contributed by atoms with E-state index in [-0.39, 0.29) is 35.2 Å². The number of hydrogen-bond donors (Lipinski definition) is 1. The Morgan fingerprint density at radius 3 is 2.52 bits per heavy atom. The molecule has 0 bridgehead atoms. The van der Waals surface area contributed by atoms with E-state index in [9.17, 15) is 13.2 Å². The van der Waals surface area contributed by atoms with Crippen molar-refractivity contribution in [3.8, 4) is 23.2 Å². The van der Waals surface area contributed by atoms with Gasteiger partial charge < -0.3 is 9.64 Å². The number of anilines is 1. The average molecular weight is 558 g/mol. The van der Waals surface area contributed by atoms with Gasteiger partial charge in [0.2, 0.25) is 17.7 Å². The molecule has 0 saturated carbocycles. The summed E-state index contributed by atoms with van der Waals surface area (Å²) in [7, 11) is -2.37. The first kappa shape index (κ1) is 26.8. The fourth-order valence-corrected chi connectivity index (χ4v) is 5.45. The maximum Gasteiger partial charge on any atom is 0.267 e. The normalized spacial score (nSPS) is 13.4. The number of likely N-dealkylation sites (tertiary alicyclic amines) is 1. The molecular weight excluding hydrogens is 530 g/mol. The molecule has 0 atom stereocenters. The van der Waals surface area contributed by atoms with Gasteiger partial charge in [-0.1, -0.05) is 30.3 Å². The number of carbonyl (C=O) groups excluding carboxylic acids is 1. The smallest absolute Gasteiger partial charge is 0.267 e. The number of nitrogens with zero attached hydrogens (tertiary/aromatic N) is 6. The van der Waals surface area contributed by atoms with Crippen molar-refractivity contribution < 1.29 is 17.9 Å². The molecule has 0 unspecified atom stereocenters. The second kappa shape index (κ2) is 10.8. The second-order valence-electron chi connectivity index (χ2n) is 9.66. The first-order chi connectivity index (χ1) is 19.1. The van der Waals surface area contributed by atoms with Crippen molar-refractivity contribution in [2.45, 2.75) is 31.3 Å². The van der Waals surface area contributed by atoms with Gasteiger partial charge in [0.15, 0.2) is 0 Å². The third-order valence-electron chi connectivity index (χ3n) is 6.56. The van der Waals surface area contributed by atoms with Crippen molar-refractivity contribution in [3.05, 3.63) is 83.2 Å². The van der Waals surface area contributed by atoms with Gasteiger partial charge in [-0.3, -0.25) is 9.48 Å². The fraction of sp³-hybridized carbons (Fsp3) is 0.250. The lowest BCUT2D eigenvalue weighted by molar-refractivity contribution is -0.139. The Morgan fingerprint density at radius 1 is 1.12 bits per heavy atom. The average Bonchev–Trinajstić information content (AvgIpc) is 3.33. The molecule has 2 aromatic heterocycles. The number of nitriles is 1. The Balaban J connectivity index is 1.35. The lowest BCUT2D eigenvalue weighted by Crippen LogP contribution is -2.56. The molecule has 1 fully saturated rings. The fourth-order valence-electron chi connectivity index (χ4n) is 4.52. The number of carbonyl (C=O) groups is 1. The summed E-state index contributed by atoms with van der Waals surface area (Å²) in [6.07, 6.45) is 2.49. The van der Waals surface area contributed by atoms with Crippen LogP contribution in [0.4, 0.5) is 5.95 Å². The van der Waals surface area contributed by atoms with E-state index in [1.165, 1.54) is 17.1 Å². The molecule has 3 heterocycles. The number of benzene rings is 2. The SMILES string of the molecule is Cc1cccc(C)c1-c1cc(OC2CN(C(=O)Cc3cccc(C#N)c3)C2)nc(NS(=O)(=O)c2cnn(C)c2)n1. The Labute approximate surface area is 232 Å². The van der Waals surface area contributed by atoms with Crippen molar-refractivity contribution in [2.24, 2.45) is 7.05 Å². The number of aromatic nitrogens is 4. The van der Waals surface area contributed by atoms with Crippen molar-refractivity contribution >= 4 is 21.9 Å². The van der Waals surface area contributed by atoms with Crippen LogP contribution in [0.25, 0.3) is 11.3 Å². The summed E-state index contributed by atoms with van der Waals surface area (Å²) in [5.41, 5.74) is 4.57. The molecule has 1 amide bonds. The number of sulfonamides is 1. The van der Waals surface area contributed by atoms with Crippen molar-refractivity contribution in [2.75, 3.05) is 17.8 Å². The van der Waals surface area contributed by atoms with Crippen LogP contribution in [0.2, 0.25) is 0 Å². The highest BCUT2D eigenvalue weighted by Crippen LogP contribution is 2.30. The molecule has 0 spiro atoms. The summed E-state index contributed by atoms with van der Waals surface area (Å²) in [5, 5.41) is 13.0. The van der Waals surface area contributed by atoms with E-state index in [1.807, 2.05) is 38.1 Å². The minimum Gasteiger partial charge on any atom is -0.470 e. The summed E-state index contributed by atoms with van der Waals surface area (Å²) in [4.78, 5) is 23.2. The van der Waals surface area contributed by atoms with Crippen LogP contribution >= 0.6 is 0 Å². The lowest BCUT2D eigenvalue weighted by Gasteiger charge is -2.38. The highest BCUT2D eigenvalue weighted by Gasteiger charge is 2.33. The zero-order chi connectivity index (χ0) is 28.4. The number of ether oxygens (including phenoxy) is 1. The van der Waals surface area contributed by atoms with Gasteiger partial charge in [0.25, 0.3) is 10.0 Å². The van der Waals surface area contributed by atoms with E-state index >= 15 is 0 Å². The Morgan fingerprint density at radius 2 is 1.85 bits per heavy atom. The first-order valence-corrected chi connectivity index (χ1v) is 14.0. The summed E-state index contributed by atoms with van der Waals surface area (Å²) in [6.45, 7) is 4.62. The van der Waals surface area contributed by atoms with E-state index in [0.29, 0.717) is 24.3 Å². The van der Waals surface area contributed by atoms with E-state index in [2.05, 4.69) is 25.9 Å². The van der Waals surface area contributed by atoms with Crippen LogP contribution in [0.5, 0.6) is 5.88 Å². The molecule has 1 aliphatic heterocycles. The topological polar surface area (TPSA) is 143 Å². The molecule has 1 N–H and O–H groups in total. The molecule has 1 aliphatic rings. The highest BCUT2D eigenvalue weighted by atomic mass is 32.2. The molecule has 0 radical (unpaired) electrons. The van der Waals surface area contributed by atoms with Gasteiger partial charge >= 0.3 is 0 Å². The van der Waals surface area contributed by atoms with Crippen LogP contribution in [-0.4, -0.2) is 58.2 Å². The third kappa shape index (κ3) is 5.79. The first-order valence-electron chi connectivity index (χ1n) is 12.5. The number of nitrogens with one attached hydrogen (secondary N) is 1. The number of aryl methyl sites for hydroxylation is 3. The van der Waals surface area contributed by atoms with Crippen molar-refractivity contribution in [3.63, 3.8) is 0 Å². The summed E-state index contributed by atoms with van der Waals surface area (Å²) < 4.78 is 35.8. The predicted molar refractivity (Wildman–Crippen MR) is 147 cm³/mol. The van der Waals surface area contributed by atoms with Crippen LogP contribution in [0.1, 0.15) is 22.3 Å². The van der Waals surface area contributed by atoms with Crippen molar-refractivity contribution in [1.82, 2.24) is 24.6 Å².